The number of likely N-dealkylation sites (tertiary alicyclic amines) is 1. The summed E-state index contributed by atoms with van der Waals surface area (Å²) in [6.45, 7) is 5.79. The predicted octanol–water partition coefficient (Wildman–Crippen LogP) is 1.63. The second-order valence-corrected chi connectivity index (χ2v) is 10.6. The number of pyridine rings is 1. The summed E-state index contributed by atoms with van der Waals surface area (Å²) in [5.74, 6) is 0.877. The standard InChI is InChI=1S/C23H31N3O3S/c1-2-13-30(28,29)24-21-10-11-22-20-14-19(16-26(22)23(21)27)15-25(17-20)12-6-9-18-7-4-3-5-8-18/h3-5,7-8,10-11,19-20,24H,2,6,9,12-17H2,1H3/p+1/t19-,20+/m0/s1. The van der Waals surface area contributed by atoms with Crippen LogP contribution in [0.4, 0.5) is 5.69 Å². The van der Waals surface area contributed by atoms with Gasteiger partial charge in [0, 0.05) is 30.5 Å². The molecule has 162 valence electrons. The Balaban J connectivity index is 1.43. The highest BCUT2D eigenvalue weighted by atomic mass is 32.2. The predicted molar refractivity (Wildman–Crippen MR) is 120 cm³/mol. The molecule has 0 saturated carbocycles. The van der Waals surface area contributed by atoms with Crippen molar-refractivity contribution in [1.29, 1.82) is 0 Å². The lowest BCUT2D eigenvalue weighted by Gasteiger charge is -2.40. The number of nitrogens with zero attached hydrogens (tertiary/aromatic N) is 1. The number of quaternary nitrogens is 1. The van der Waals surface area contributed by atoms with Gasteiger partial charge in [0.1, 0.15) is 5.69 Å². The molecular weight excluding hydrogens is 398 g/mol. The van der Waals surface area contributed by atoms with E-state index >= 15 is 0 Å². The summed E-state index contributed by atoms with van der Waals surface area (Å²) < 4.78 is 28.5. The van der Waals surface area contributed by atoms with Gasteiger partial charge in [0.25, 0.3) is 5.56 Å². The van der Waals surface area contributed by atoms with Gasteiger partial charge in [-0.1, -0.05) is 37.3 Å². The molecule has 0 spiro atoms. The van der Waals surface area contributed by atoms with E-state index < -0.39 is 10.0 Å². The van der Waals surface area contributed by atoms with Gasteiger partial charge in [-0.25, -0.2) is 8.42 Å². The Bertz CT molecular complexity index is 1030. The Morgan fingerprint density at radius 3 is 2.70 bits per heavy atom. The minimum atomic E-state index is -3.46. The van der Waals surface area contributed by atoms with Crippen molar-refractivity contribution >= 4 is 15.7 Å². The summed E-state index contributed by atoms with van der Waals surface area (Å²) in [6.07, 6.45) is 3.93. The van der Waals surface area contributed by atoms with Gasteiger partial charge in [-0.3, -0.25) is 9.52 Å². The van der Waals surface area contributed by atoms with Gasteiger partial charge in [-0.05, 0) is 37.0 Å². The van der Waals surface area contributed by atoms with Gasteiger partial charge in [0.05, 0.1) is 25.4 Å². The fourth-order valence-electron chi connectivity index (χ4n) is 5.13. The van der Waals surface area contributed by atoms with E-state index in [9.17, 15) is 13.2 Å². The van der Waals surface area contributed by atoms with Crippen molar-refractivity contribution < 1.29 is 13.3 Å². The number of hydrogen-bond donors (Lipinski definition) is 2. The van der Waals surface area contributed by atoms with Crippen molar-refractivity contribution in [2.75, 3.05) is 30.1 Å². The molecule has 2 aliphatic heterocycles. The minimum absolute atomic E-state index is 0.0285. The minimum Gasteiger partial charge on any atom is -0.334 e. The average molecular weight is 431 g/mol. The molecule has 0 radical (unpaired) electrons. The summed E-state index contributed by atoms with van der Waals surface area (Å²) in [7, 11) is -3.46. The Labute approximate surface area is 179 Å². The van der Waals surface area contributed by atoms with Gasteiger partial charge in [-0.2, -0.15) is 0 Å². The Kier molecular flexibility index (Phi) is 6.29. The van der Waals surface area contributed by atoms with Crippen molar-refractivity contribution in [3.8, 4) is 0 Å². The maximum Gasteiger partial charge on any atom is 0.275 e. The van der Waals surface area contributed by atoms with Crippen molar-refractivity contribution in [3.63, 3.8) is 0 Å². The number of nitrogens with one attached hydrogen (secondary N) is 2. The van der Waals surface area contributed by atoms with Gasteiger partial charge in [0.15, 0.2) is 0 Å². The van der Waals surface area contributed by atoms with Gasteiger partial charge in [-0.15, -0.1) is 0 Å². The molecule has 1 unspecified atom stereocenters. The molecule has 4 rings (SSSR count). The first-order chi connectivity index (χ1) is 14.4. The molecule has 2 aliphatic rings. The lowest BCUT2D eigenvalue weighted by Crippen LogP contribution is -3.14. The molecule has 2 bridgehead atoms. The van der Waals surface area contributed by atoms with E-state index in [-0.39, 0.29) is 17.0 Å². The summed E-state index contributed by atoms with van der Waals surface area (Å²) >= 11 is 0. The molecule has 30 heavy (non-hydrogen) atoms. The smallest absolute Gasteiger partial charge is 0.275 e. The van der Waals surface area contributed by atoms with Crippen LogP contribution >= 0.6 is 0 Å². The molecular formula is C23H32N3O3S+. The van der Waals surface area contributed by atoms with Crippen LogP contribution in [0.3, 0.4) is 0 Å². The summed E-state index contributed by atoms with van der Waals surface area (Å²) in [4.78, 5) is 14.6. The van der Waals surface area contributed by atoms with Crippen molar-refractivity contribution in [1.82, 2.24) is 4.57 Å². The third-order valence-corrected chi connectivity index (χ3v) is 7.85. The number of sulfonamides is 1. The molecule has 2 N–H and O–H groups in total. The SMILES string of the molecule is CCCS(=O)(=O)Nc1ccc2n(c1=O)C[C@H]1C[C@@H]2C[NH+](CCCc2ccccc2)C1. The van der Waals surface area contributed by atoms with E-state index in [2.05, 4.69) is 35.1 Å². The summed E-state index contributed by atoms with van der Waals surface area (Å²) in [6, 6.07) is 14.2. The second kappa shape index (κ2) is 8.94. The monoisotopic (exact) mass is 430 g/mol. The van der Waals surface area contributed by atoms with Crippen molar-refractivity contribution in [2.45, 2.75) is 45.1 Å². The van der Waals surface area contributed by atoms with Crippen LogP contribution < -0.4 is 15.2 Å². The fourth-order valence-corrected chi connectivity index (χ4v) is 6.26. The summed E-state index contributed by atoms with van der Waals surface area (Å²) in [5.41, 5.74) is 2.44. The number of piperidine rings is 1. The zero-order chi connectivity index (χ0) is 21.1. The Morgan fingerprint density at radius 2 is 1.93 bits per heavy atom. The third-order valence-electron chi connectivity index (χ3n) is 6.37. The molecule has 6 nitrogen and oxygen atoms in total. The largest absolute Gasteiger partial charge is 0.334 e. The molecule has 0 amide bonds. The zero-order valence-electron chi connectivity index (χ0n) is 17.6. The first kappa shape index (κ1) is 21.1. The number of rotatable bonds is 8. The topological polar surface area (TPSA) is 72.6 Å². The number of hydrogen-bond acceptors (Lipinski definition) is 3. The van der Waals surface area contributed by atoms with Crippen LogP contribution in [0.25, 0.3) is 0 Å². The van der Waals surface area contributed by atoms with Crippen LogP contribution in [0.1, 0.15) is 43.4 Å². The van der Waals surface area contributed by atoms with Crippen LogP contribution in [-0.4, -0.2) is 38.4 Å². The first-order valence-corrected chi connectivity index (χ1v) is 12.7. The van der Waals surface area contributed by atoms with E-state index in [4.69, 9.17) is 0 Å². The van der Waals surface area contributed by atoms with Crippen LogP contribution in [0.5, 0.6) is 0 Å². The molecule has 0 aliphatic carbocycles. The summed E-state index contributed by atoms with van der Waals surface area (Å²) in [5, 5.41) is 0. The van der Waals surface area contributed by atoms with Gasteiger partial charge < -0.3 is 9.47 Å². The fraction of sp³-hybridized carbons (Fsp3) is 0.522. The maximum atomic E-state index is 13.0. The van der Waals surface area contributed by atoms with E-state index in [0.717, 1.165) is 38.2 Å². The van der Waals surface area contributed by atoms with E-state index in [1.54, 1.807) is 11.0 Å². The molecule has 1 aromatic carbocycles. The lowest BCUT2D eigenvalue weighted by molar-refractivity contribution is -0.911. The molecule has 1 aromatic heterocycles. The first-order valence-electron chi connectivity index (χ1n) is 11.1. The van der Waals surface area contributed by atoms with Crippen LogP contribution in [0.15, 0.2) is 47.3 Å². The number of fused-ring (bicyclic) bond motifs is 4. The highest BCUT2D eigenvalue weighted by molar-refractivity contribution is 7.92. The molecule has 2 aromatic rings. The molecule has 3 heterocycles. The molecule has 3 atom stereocenters. The van der Waals surface area contributed by atoms with Crippen molar-refractivity contribution in [2.24, 2.45) is 5.92 Å². The molecule has 1 fully saturated rings. The molecule has 7 heteroatoms. The quantitative estimate of drug-likeness (QED) is 0.669. The maximum absolute atomic E-state index is 13.0. The van der Waals surface area contributed by atoms with Crippen LogP contribution in [0, 0.1) is 5.92 Å². The van der Waals surface area contributed by atoms with Crippen LogP contribution in [0.2, 0.25) is 0 Å². The van der Waals surface area contributed by atoms with Gasteiger partial charge >= 0.3 is 0 Å². The number of anilines is 1. The van der Waals surface area contributed by atoms with E-state index in [0.29, 0.717) is 24.8 Å². The van der Waals surface area contributed by atoms with E-state index in [1.807, 2.05) is 17.6 Å². The number of aryl methyl sites for hydroxylation is 1. The number of aromatic nitrogens is 1. The average Bonchev–Trinajstić information content (AvgIpc) is 2.71. The third kappa shape index (κ3) is 4.78. The van der Waals surface area contributed by atoms with Gasteiger partial charge in [0.2, 0.25) is 10.0 Å². The normalized spacial score (nSPS) is 23.0. The zero-order valence-corrected chi connectivity index (χ0v) is 18.5. The highest BCUT2D eigenvalue weighted by Gasteiger charge is 2.37. The van der Waals surface area contributed by atoms with E-state index in [1.165, 1.54) is 12.0 Å². The molecule has 1 saturated heterocycles. The Morgan fingerprint density at radius 1 is 1.13 bits per heavy atom. The number of benzene rings is 1. The highest BCUT2D eigenvalue weighted by Crippen LogP contribution is 2.31. The van der Waals surface area contributed by atoms with Crippen LogP contribution in [-0.2, 0) is 23.0 Å². The lowest BCUT2D eigenvalue weighted by atomic mass is 9.83. The Hall–Kier alpha value is -2.12. The van der Waals surface area contributed by atoms with Crippen molar-refractivity contribution in [3.05, 3.63) is 64.1 Å². The second-order valence-electron chi connectivity index (χ2n) is 8.80.